The molecule has 2 N–H and O–H groups in total. The molecule has 2 saturated heterocycles. The van der Waals surface area contributed by atoms with Crippen molar-refractivity contribution in [2.45, 2.75) is 56.7 Å². The quantitative estimate of drug-likeness (QED) is 0.847. The molecule has 4 nitrogen and oxygen atoms in total. The molecule has 20 heavy (non-hydrogen) atoms. The van der Waals surface area contributed by atoms with Gasteiger partial charge < -0.3 is 15.4 Å². The van der Waals surface area contributed by atoms with Gasteiger partial charge in [0, 0.05) is 32.7 Å². The molecule has 0 radical (unpaired) electrons. The summed E-state index contributed by atoms with van der Waals surface area (Å²) in [5.74, 6) is 0. The van der Waals surface area contributed by atoms with Gasteiger partial charge in [0.1, 0.15) is 0 Å². The zero-order chi connectivity index (χ0) is 13.8. The maximum atomic E-state index is 6.45. The first-order chi connectivity index (χ1) is 9.80. The zero-order valence-corrected chi connectivity index (χ0v) is 12.9. The van der Waals surface area contributed by atoms with Crippen LogP contribution in [0.25, 0.3) is 0 Å². The molecule has 1 saturated carbocycles. The van der Waals surface area contributed by atoms with Crippen molar-refractivity contribution in [1.82, 2.24) is 9.80 Å². The van der Waals surface area contributed by atoms with Gasteiger partial charge in [-0.25, -0.2) is 0 Å². The third kappa shape index (κ3) is 3.53. The Labute approximate surface area is 123 Å². The molecule has 0 aromatic rings. The molecule has 1 aliphatic carbocycles. The highest BCUT2D eigenvalue weighted by Gasteiger charge is 2.42. The van der Waals surface area contributed by atoms with Gasteiger partial charge in [0.15, 0.2) is 0 Å². The second-order valence-corrected chi connectivity index (χ2v) is 6.95. The van der Waals surface area contributed by atoms with Gasteiger partial charge in [-0.05, 0) is 45.2 Å². The van der Waals surface area contributed by atoms with E-state index in [1.165, 1.54) is 71.1 Å². The van der Waals surface area contributed by atoms with E-state index in [1.54, 1.807) is 0 Å². The monoisotopic (exact) mass is 281 g/mol. The Kier molecular flexibility index (Phi) is 4.97. The largest absolute Gasteiger partial charge is 0.370 e. The Morgan fingerprint density at radius 2 is 1.70 bits per heavy atom. The number of ether oxygens (including phenoxy) is 1. The van der Waals surface area contributed by atoms with Crippen LogP contribution in [0.3, 0.4) is 0 Å². The van der Waals surface area contributed by atoms with Crippen molar-refractivity contribution in [3.63, 3.8) is 0 Å². The van der Waals surface area contributed by atoms with E-state index >= 15 is 0 Å². The lowest BCUT2D eigenvalue weighted by Crippen LogP contribution is -2.38. The van der Waals surface area contributed by atoms with Gasteiger partial charge >= 0.3 is 0 Å². The fourth-order valence-electron chi connectivity index (χ4n) is 4.31. The Bertz CT molecular complexity index is 304. The molecular formula is C16H31N3O. The van der Waals surface area contributed by atoms with Gasteiger partial charge in [-0.1, -0.05) is 12.8 Å². The van der Waals surface area contributed by atoms with Crippen molar-refractivity contribution in [2.24, 2.45) is 5.73 Å². The summed E-state index contributed by atoms with van der Waals surface area (Å²) in [5.41, 5.74) is 5.96. The van der Waals surface area contributed by atoms with Gasteiger partial charge in [0.2, 0.25) is 0 Å². The highest BCUT2D eigenvalue weighted by atomic mass is 16.5. The van der Waals surface area contributed by atoms with Crippen LogP contribution < -0.4 is 5.73 Å². The molecule has 3 aliphatic rings. The first-order valence-electron chi connectivity index (χ1n) is 8.62. The Morgan fingerprint density at radius 3 is 2.50 bits per heavy atom. The van der Waals surface area contributed by atoms with Gasteiger partial charge in [0.05, 0.1) is 11.7 Å². The minimum Gasteiger partial charge on any atom is -0.370 e. The maximum absolute atomic E-state index is 6.45. The molecule has 0 bridgehead atoms. The van der Waals surface area contributed by atoms with E-state index in [0.29, 0.717) is 11.7 Å². The predicted molar refractivity (Wildman–Crippen MR) is 81.9 cm³/mol. The Morgan fingerprint density at radius 1 is 0.950 bits per heavy atom. The van der Waals surface area contributed by atoms with Gasteiger partial charge in [-0.2, -0.15) is 0 Å². The van der Waals surface area contributed by atoms with Crippen molar-refractivity contribution in [2.75, 3.05) is 45.8 Å². The van der Waals surface area contributed by atoms with Crippen LogP contribution in [0.2, 0.25) is 0 Å². The minimum atomic E-state index is 0.294. The van der Waals surface area contributed by atoms with Gasteiger partial charge in [0.25, 0.3) is 0 Å². The molecule has 2 aliphatic heterocycles. The average Bonchev–Trinajstić information content (AvgIpc) is 3.00. The van der Waals surface area contributed by atoms with Crippen molar-refractivity contribution < 1.29 is 4.74 Å². The second kappa shape index (κ2) is 6.73. The molecule has 1 atom stereocenters. The standard InChI is InChI=1S/C16H31N3O/c17-8-11-18-9-3-10-19(13-12-18)14-15-4-7-16(20-15)5-1-2-6-16/h15H,1-14,17H2. The van der Waals surface area contributed by atoms with E-state index < -0.39 is 0 Å². The summed E-state index contributed by atoms with van der Waals surface area (Å²) in [7, 11) is 0. The smallest absolute Gasteiger partial charge is 0.0710 e. The molecule has 0 aromatic carbocycles. The minimum absolute atomic E-state index is 0.294. The predicted octanol–water partition coefficient (Wildman–Crippen LogP) is 1.44. The van der Waals surface area contributed by atoms with E-state index in [2.05, 4.69) is 9.80 Å². The lowest BCUT2D eigenvalue weighted by molar-refractivity contribution is -0.0468. The van der Waals surface area contributed by atoms with Crippen LogP contribution in [0.5, 0.6) is 0 Å². The fraction of sp³-hybridized carbons (Fsp3) is 1.00. The summed E-state index contributed by atoms with van der Waals surface area (Å²) in [6, 6.07) is 0. The van der Waals surface area contributed by atoms with Gasteiger partial charge in [-0.3, -0.25) is 4.90 Å². The van der Waals surface area contributed by atoms with E-state index in [9.17, 15) is 0 Å². The van der Waals surface area contributed by atoms with Crippen LogP contribution in [0, 0.1) is 0 Å². The molecule has 0 amide bonds. The molecule has 3 rings (SSSR count). The van der Waals surface area contributed by atoms with Crippen LogP contribution in [0.15, 0.2) is 0 Å². The second-order valence-electron chi connectivity index (χ2n) is 6.95. The number of hydrogen-bond donors (Lipinski definition) is 1. The van der Waals surface area contributed by atoms with Crippen molar-refractivity contribution in [3.05, 3.63) is 0 Å². The molecular weight excluding hydrogens is 250 g/mol. The summed E-state index contributed by atoms with van der Waals surface area (Å²) in [4.78, 5) is 5.13. The molecule has 3 fully saturated rings. The van der Waals surface area contributed by atoms with Crippen LogP contribution in [-0.2, 0) is 4.74 Å². The molecule has 116 valence electrons. The number of rotatable bonds is 4. The maximum Gasteiger partial charge on any atom is 0.0710 e. The van der Waals surface area contributed by atoms with E-state index in [-0.39, 0.29) is 0 Å². The molecule has 0 aromatic heterocycles. The summed E-state index contributed by atoms with van der Waals surface area (Å²) in [6.07, 6.45) is 9.75. The van der Waals surface area contributed by atoms with Crippen molar-refractivity contribution in [3.8, 4) is 0 Å². The Balaban J connectivity index is 1.44. The normalized spacial score (nSPS) is 31.9. The van der Waals surface area contributed by atoms with Crippen LogP contribution in [-0.4, -0.2) is 67.3 Å². The first-order valence-corrected chi connectivity index (χ1v) is 8.62. The lowest BCUT2D eigenvalue weighted by atomic mass is 9.98. The third-order valence-electron chi connectivity index (χ3n) is 5.44. The molecule has 1 spiro atoms. The summed E-state index contributed by atoms with van der Waals surface area (Å²) >= 11 is 0. The van der Waals surface area contributed by atoms with Crippen LogP contribution >= 0.6 is 0 Å². The highest BCUT2D eigenvalue weighted by molar-refractivity contribution is 4.93. The average molecular weight is 281 g/mol. The summed E-state index contributed by atoms with van der Waals surface area (Å²) in [6.45, 7) is 7.79. The van der Waals surface area contributed by atoms with Crippen LogP contribution in [0.4, 0.5) is 0 Å². The van der Waals surface area contributed by atoms with E-state index in [1.807, 2.05) is 0 Å². The third-order valence-corrected chi connectivity index (χ3v) is 5.44. The lowest BCUT2D eigenvalue weighted by Gasteiger charge is -2.27. The fourth-order valence-corrected chi connectivity index (χ4v) is 4.31. The van der Waals surface area contributed by atoms with Crippen molar-refractivity contribution in [1.29, 1.82) is 0 Å². The highest BCUT2D eigenvalue weighted by Crippen LogP contribution is 2.43. The van der Waals surface area contributed by atoms with Crippen molar-refractivity contribution >= 4 is 0 Å². The topological polar surface area (TPSA) is 41.7 Å². The molecule has 4 heteroatoms. The molecule has 2 heterocycles. The number of nitrogens with two attached hydrogens (primary N) is 1. The SMILES string of the molecule is NCCN1CCCN(CC2CCC3(CCCC3)O2)CC1. The Hall–Kier alpha value is -0.160. The van der Waals surface area contributed by atoms with E-state index in [4.69, 9.17) is 10.5 Å². The summed E-state index contributed by atoms with van der Waals surface area (Å²) < 4.78 is 6.45. The number of hydrogen-bond acceptors (Lipinski definition) is 4. The van der Waals surface area contributed by atoms with E-state index in [0.717, 1.165) is 19.6 Å². The zero-order valence-electron chi connectivity index (χ0n) is 12.9. The summed E-state index contributed by atoms with van der Waals surface area (Å²) in [5, 5.41) is 0. The van der Waals surface area contributed by atoms with Crippen LogP contribution in [0.1, 0.15) is 44.9 Å². The first kappa shape index (κ1) is 14.8. The molecule has 1 unspecified atom stereocenters. The van der Waals surface area contributed by atoms with Gasteiger partial charge in [-0.15, -0.1) is 0 Å². The number of nitrogens with zero attached hydrogens (tertiary/aromatic N) is 2.